The molecule has 0 aliphatic carbocycles. The van der Waals surface area contributed by atoms with E-state index in [1.165, 1.54) is 13.2 Å². The van der Waals surface area contributed by atoms with E-state index in [-0.39, 0.29) is 21.8 Å². The monoisotopic (exact) mass is 320 g/mol. The zero-order valence-electron chi connectivity index (χ0n) is 13.2. The molecule has 2 aromatic rings. The SMILES string of the molecule is COc1ccccc1S(=O)(=O)Oc1ccc(C(C)(C)C)cc1. The highest BCUT2D eigenvalue weighted by molar-refractivity contribution is 7.87. The lowest BCUT2D eigenvalue weighted by Gasteiger charge is -2.19. The standard InChI is InChI=1S/C17H20O4S/c1-17(2,3)13-9-11-14(12-10-13)21-22(18,19)16-8-6-5-7-15(16)20-4/h5-12H,1-4H3. The first kappa shape index (κ1) is 16.4. The zero-order valence-corrected chi connectivity index (χ0v) is 14.0. The average molecular weight is 320 g/mol. The van der Waals surface area contributed by atoms with E-state index in [0.717, 1.165) is 5.56 Å². The zero-order chi connectivity index (χ0) is 16.4. The van der Waals surface area contributed by atoms with Crippen LogP contribution in [0.25, 0.3) is 0 Å². The molecule has 0 unspecified atom stereocenters. The van der Waals surface area contributed by atoms with Gasteiger partial charge in [-0.15, -0.1) is 0 Å². The van der Waals surface area contributed by atoms with Crippen molar-refractivity contribution in [2.24, 2.45) is 0 Å². The maximum absolute atomic E-state index is 12.4. The van der Waals surface area contributed by atoms with E-state index in [1.54, 1.807) is 30.3 Å². The Labute approximate surface area is 131 Å². The highest BCUT2D eigenvalue weighted by atomic mass is 32.2. The van der Waals surface area contributed by atoms with Crippen LogP contribution in [0.3, 0.4) is 0 Å². The molecule has 0 aliphatic rings. The Balaban J connectivity index is 2.29. The van der Waals surface area contributed by atoms with Crippen LogP contribution >= 0.6 is 0 Å². The minimum atomic E-state index is -3.93. The quantitative estimate of drug-likeness (QED) is 0.805. The maximum atomic E-state index is 12.4. The molecular weight excluding hydrogens is 300 g/mol. The van der Waals surface area contributed by atoms with E-state index < -0.39 is 10.1 Å². The molecule has 0 spiro atoms. The summed E-state index contributed by atoms with van der Waals surface area (Å²) >= 11 is 0. The summed E-state index contributed by atoms with van der Waals surface area (Å²) in [6.07, 6.45) is 0. The Morgan fingerprint density at radius 3 is 2.05 bits per heavy atom. The van der Waals surface area contributed by atoms with Crippen LogP contribution in [0.15, 0.2) is 53.4 Å². The highest BCUT2D eigenvalue weighted by Gasteiger charge is 2.21. The normalized spacial score (nSPS) is 12.0. The molecule has 0 heterocycles. The summed E-state index contributed by atoms with van der Waals surface area (Å²) in [5.41, 5.74) is 1.11. The van der Waals surface area contributed by atoms with Crippen LogP contribution in [-0.2, 0) is 15.5 Å². The predicted octanol–water partition coefficient (Wildman–Crippen LogP) is 3.76. The largest absolute Gasteiger partial charge is 0.495 e. The van der Waals surface area contributed by atoms with Crippen molar-refractivity contribution in [1.29, 1.82) is 0 Å². The summed E-state index contributed by atoms with van der Waals surface area (Å²) in [4.78, 5) is 0.0115. The lowest BCUT2D eigenvalue weighted by atomic mass is 9.87. The van der Waals surface area contributed by atoms with Crippen molar-refractivity contribution in [3.05, 3.63) is 54.1 Å². The molecule has 4 nitrogen and oxygen atoms in total. The maximum Gasteiger partial charge on any atom is 0.342 e. The van der Waals surface area contributed by atoms with Gasteiger partial charge < -0.3 is 8.92 Å². The Hall–Kier alpha value is -2.01. The number of hydrogen-bond donors (Lipinski definition) is 0. The number of para-hydroxylation sites is 1. The summed E-state index contributed by atoms with van der Waals surface area (Å²) < 4.78 is 35.0. The van der Waals surface area contributed by atoms with Crippen LogP contribution in [0.5, 0.6) is 11.5 Å². The second-order valence-electron chi connectivity index (χ2n) is 5.96. The summed E-state index contributed by atoms with van der Waals surface area (Å²) in [7, 11) is -2.51. The van der Waals surface area contributed by atoms with E-state index >= 15 is 0 Å². The van der Waals surface area contributed by atoms with E-state index in [1.807, 2.05) is 12.1 Å². The Morgan fingerprint density at radius 1 is 0.909 bits per heavy atom. The second-order valence-corrected chi connectivity index (χ2v) is 7.48. The molecule has 0 amide bonds. The first-order chi connectivity index (χ1) is 10.2. The number of benzene rings is 2. The smallest absolute Gasteiger partial charge is 0.342 e. The van der Waals surface area contributed by atoms with Crippen LogP contribution in [0, 0.1) is 0 Å². The van der Waals surface area contributed by atoms with Gasteiger partial charge in [0.05, 0.1) is 7.11 Å². The third kappa shape index (κ3) is 3.60. The first-order valence-electron chi connectivity index (χ1n) is 6.92. The molecule has 0 radical (unpaired) electrons. The number of ether oxygens (including phenoxy) is 1. The second kappa shape index (κ2) is 6.01. The van der Waals surface area contributed by atoms with Gasteiger partial charge in [0.2, 0.25) is 0 Å². The van der Waals surface area contributed by atoms with Gasteiger partial charge in [-0.1, -0.05) is 45.0 Å². The van der Waals surface area contributed by atoms with Crippen LogP contribution < -0.4 is 8.92 Å². The van der Waals surface area contributed by atoms with E-state index in [9.17, 15) is 8.42 Å². The molecule has 0 saturated carbocycles. The van der Waals surface area contributed by atoms with Crippen LogP contribution in [0.4, 0.5) is 0 Å². The van der Waals surface area contributed by atoms with E-state index in [0.29, 0.717) is 0 Å². The van der Waals surface area contributed by atoms with Gasteiger partial charge in [0.1, 0.15) is 16.4 Å². The molecule has 0 fully saturated rings. The van der Waals surface area contributed by atoms with Crippen molar-refractivity contribution in [3.8, 4) is 11.5 Å². The van der Waals surface area contributed by atoms with Crippen molar-refractivity contribution < 1.29 is 17.3 Å². The minimum Gasteiger partial charge on any atom is -0.495 e. The highest BCUT2D eigenvalue weighted by Crippen LogP contribution is 2.28. The summed E-state index contributed by atoms with van der Waals surface area (Å²) in [6, 6.07) is 13.4. The Morgan fingerprint density at radius 2 is 1.50 bits per heavy atom. The molecule has 2 aromatic carbocycles. The molecule has 118 valence electrons. The van der Waals surface area contributed by atoms with E-state index in [2.05, 4.69) is 20.8 Å². The minimum absolute atomic E-state index is 0.0000548. The van der Waals surface area contributed by atoms with Crippen LogP contribution in [0.2, 0.25) is 0 Å². The molecule has 5 heteroatoms. The van der Waals surface area contributed by atoms with Gasteiger partial charge in [-0.3, -0.25) is 0 Å². The van der Waals surface area contributed by atoms with Crippen LogP contribution in [0.1, 0.15) is 26.3 Å². The lowest BCUT2D eigenvalue weighted by molar-refractivity contribution is 0.398. The molecule has 0 aromatic heterocycles. The molecule has 0 bridgehead atoms. The molecule has 0 saturated heterocycles. The Kier molecular flexibility index (Phi) is 4.47. The molecular formula is C17H20O4S. The molecule has 2 rings (SSSR count). The fourth-order valence-corrected chi connectivity index (χ4v) is 3.10. The van der Waals surface area contributed by atoms with Gasteiger partial charge in [-0.2, -0.15) is 8.42 Å². The van der Waals surface area contributed by atoms with Crippen molar-refractivity contribution in [2.75, 3.05) is 7.11 Å². The molecule has 0 aliphatic heterocycles. The number of methoxy groups -OCH3 is 1. The average Bonchev–Trinajstić information content (AvgIpc) is 2.46. The van der Waals surface area contributed by atoms with Gasteiger partial charge >= 0.3 is 10.1 Å². The summed E-state index contributed by atoms with van der Waals surface area (Å²) in [5, 5.41) is 0. The van der Waals surface area contributed by atoms with Crippen molar-refractivity contribution >= 4 is 10.1 Å². The lowest BCUT2D eigenvalue weighted by Crippen LogP contribution is -2.12. The fraction of sp³-hybridized carbons (Fsp3) is 0.294. The number of hydrogen-bond acceptors (Lipinski definition) is 4. The van der Waals surface area contributed by atoms with Gasteiger partial charge in [-0.25, -0.2) is 0 Å². The molecule has 0 N–H and O–H groups in total. The first-order valence-corrected chi connectivity index (χ1v) is 8.33. The fourth-order valence-electron chi connectivity index (χ4n) is 2.01. The van der Waals surface area contributed by atoms with Gasteiger partial charge in [0.25, 0.3) is 0 Å². The number of rotatable bonds is 4. The molecule has 0 atom stereocenters. The van der Waals surface area contributed by atoms with Gasteiger partial charge in [0, 0.05) is 0 Å². The van der Waals surface area contributed by atoms with Crippen molar-refractivity contribution in [3.63, 3.8) is 0 Å². The van der Waals surface area contributed by atoms with Crippen molar-refractivity contribution in [2.45, 2.75) is 31.1 Å². The van der Waals surface area contributed by atoms with Gasteiger partial charge in [-0.05, 0) is 35.2 Å². The summed E-state index contributed by atoms with van der Waals surface area (Å²) in [6.45, 7) is 6.28. The van der Waals surface area contributed by atoms with Gasteiger partial charge in [0.15, 0.2) is 0 Å². The third-order valence-electron chi connectivity index (χ3n) is 3.26. The van der Waals surface area contributed by atoms with E-state index in [4.69, 9.17) is 8.92 Å². The van der Waals surface area contributed by atoms with Crippen LogP contribution in [-0.4, -0.2) is 15.5 Å². The topological polar surface area (TPSA) is 52.6 Å². The predicted molar refractivity (Wildman–Crippen MR) is 85.9 cm³/mol. The Bertz CT molecular complexity index is 741. The summed E-state index contributed by atoms with van der Waals surface area (Å²) in [5.74, 6) is 0.535. The van der Waals surface area contributed by atoms with Crippen molar-refractivity contribution in [1.82, 2.24) is 0 Å². The third-order valence-corrected chi connectivity index (χ3v) is 4.55. The molecule has 22 heavy (non-hydrogen) atoms.